The molecule has 0 spiro atoms. The smallest absolute Gasteiger partial charge is 0.245 e. The summed E-state index contributed by atoms with van der Waals surface area (Å²) in [5, 5.41) is 21.4. The summed E-state index contributed by atoms with van der Waals surface area (Å²) in [6, 6.07) is 8.43. The molecule has 2 rings (SSSR count). The van der Waals surface area contributed by atoms with E-state index in [-0.39, 0.29) is 30.9 Å². The number of amides is 3. The van der Waals surface area contributed by atoms with Crippen molar-refractivity contribution in [3.05, 3.63) is 35.9 Å². The number of likely N-dealkylation sites (tertiary alicyclic amines) is 1. The average Bonchev–Trinajstić information content (AvgIpc) is 3.27. The van der Waals surface area contributed by atoms with Crippen molar-refractivity contribution >= 4 is 17.7 Å². The van der Waals surface area contributed by atoms with Gasteiger partial charge in [-0.05, 0) is 24.8 Å². The summed E-state index contributed by atoms with van der Waals surface area (Å²) in [7, 11) is 0. The standard InChI is InChI=1S/C23H35N3O5/c1-2-3-5-11-18(15-21(28)25-31)22(29)24-20(14-17-9-6-4-7-10-17)23(30)26-13-8-12-19(26)16-27/h4,6-7,9-10,18-20,27,31H,2-3,5,8,11-16H2,1H3,(H,24,29)(H,25,28)/t18-,19-,20-/m0/s1. The normalized spacial score (nSPS) is 17.8. The average molecular weight is 434 g/mol. The first kappa shape index (κ1) is 24.8. The van der Waals surface area contributed by atoms with Crippen LogP contribution in [0.3, 0.4) is 0 Å². The van der Waals surface area contributed by atoms with Crippen LogP contribution >= 0.6 is 0 Å². The Morgan fingerprint density at radius 2 is 1.94 bits per heavy atom. The summed E-state index contributed by atoms with van der Waals surface area (Å²) in [6.07, 6.45) is 4.95. The number of hydrogen-bond acceptors (Lipinski definition) is 5. The first-order valence-electron chi connectivity index (χ1n) is 11.2. The molecule has 0 unspecified atom stereocenters. The fraction of sp³-hybridized carbons (Fsp3) is 0.609. The van der Waals surface area contributed by atoms with Crippen LogP contribution in [0.5, 0.6) is 0 Å². The summed E-state index contributed by atoms with van der Waals surface area (Å²) >= 11 is 0. The summed E-state index contributed by atoms with van der Waals surface area (Å²) in [5.41, 5.74) is 2.51. The van der Waals surface area contributed by atoms with Gasteiger partial charge in [-0.15, -0.1) is 0 Å². The van der Waals surface area contributed by atoms with Gasteiger partial charge in [0, 0.05) is 25.3 Å². The molecule has 4 N–H and O–H groups in total. The van der Waals surface area contributed by atoms with E-state index in [0.29, 0.717) is 19.4 Å². The van der Waals surface area contributed by atoms with Gasteiger partial charge < -0.3 is 15.3 Å². The first-order chi connectivity index (χ1) is 15.0. The van der Waals surface area contributed by atoms with E-state index in [2.05, 4.69) is 12.2 Å². The van der Waals surface area contributed by atoms with Gasteiger partial charge in [-0.2, -0.15) is 0 Å². The Bertz CT molecular complexity index is 712. The molecule has 1 aliphatic rings. The number of carbonyl (C=O) groups is 3. The molecule has 8 heteroatoms. The highest BCUT2D eigenvalue weighted by molar-refractivity contribution is 5.91. The number of hydrogen-bond donors (Lipinski definition) is 4. The van der Waals surface area contributed by atoms with Crippen molar-refractivity contribution in [2.45, 2.75) is 70.4 Å². The van der Waals surface area contributed by atoms with Crippen LogP contribution in [0, 0.1) is 5.92 Å². The molecule has 3 atom stereocenters. The topological polar surface area (TPSA) is 119 Å². The van der Waals surface area contributed by atoms with Gasteiger partial charge in [-0.3, -0.25) is 19.6 Å². The monoisotopic (exact) mass is 433 g/mol. The first-order valence-corrected chi connectivity index (χ1v) is 11.2. The fourth-order valence-electron chi connectivity index (χ4n) is 4.09. The number of rotatable bonds is 12. The Morgan fingerprint density at radius 3 is 2.58 bits per heavy atom. The third-order valence-corrected chi connectivity index (χ3v) is 5.85. The van der Waals surface area contributed by atoms with Crippen LogP contribution in [0.1, 0.15) is 57.4 Å². The van der Waals surface area contributed by atoms with Crippen LogP contribution in [-0.4, -0.2) is 58.2 Å². The predicted molar refractivity (Wildman–Crippen MR) is 116 cm³/mol. The third-order valence-electron chi connectivity index (χ3n) is 5.85. The van der Waals surface area contributed by atoms with Crippen molar-refractivity contribution in [3.8, 4) is 0 Å². The molecule has 8 nitrogen and oxygen atoms in total. The molecule has 1 aromatic rings. The van der Waals surface area contributed by atoms with Crippen LogP contribution in [-0.2, 0) is 20.8 Å². The number of aliphatic hydroxyl groups excluding tert-OH is 1. The predicted octanol–water partition coefficient (Wildman–Crippen LogP) is 1.79. The fourth-order valence-corrected chi connectivity index (χ4v) is 4.09. The zero-order valence-electron chi connectivity index (χ0n) is 18.3. The number of aliphatic hydroxyl groups is 1. The molecule has 1 fully saturated rings. The molecule has 31 heavy (non-hydrogen) atoms. The largest absolute Gasteiger partial charge is 0.394 e. The molecule has 0 saturated carbocycles. The Kier molecular flexibility index (Phi) is 10.5. The number of nitrogens with one attached hydrogen (secondary N) is 2. The van der Waals surface area contributed by atoms with Crippen LogP contribution in [0.2, 0.25) is 0 Å². The van der Waals surface area contributed by atoms with E-state index in [1.807, 2.05) is 30.3 Å². The maximum absolute atomic E-state index is 13.3. The summed E-state index contributed by atoms with van der Waals surface area (Å²) in [4.78, 5) is 39.7. The Hall–Kier alpha value is -2.45. The minimum Gasteiger partial charge on any atom is -0.394 e. The lowest BCUT2D eigenvalue weighted by Crippen LogP contribution is -2.53. The van der Waals surface area contributed by atoms with Crippen LogP contribution in [0.15, 0.2) is 30.3 Å². The van der Waals surface area contributed by atoms with Crippen LogP contribution in [0.4, 0.5) is 0 Å². The Balaban J connectivity index is 2.17. The molecule has 1 heterocycles. The molecular weight excluding hydrogens is 398 g/mol. The zero-order chi connectivity index (χ0) is 22.6. The van der Waals surface area contributed by atoms with Crippen molar-refractivity contribution in [3.63, 3.8) is 0 Å². The number of nitrogens with zero attached hydrogens (tertiary/aromatic N) is 1. The second-order valence-electron chi connectivity index (χ2n) is 8.19. The van der Waals surface area contributed by atoms with Crippen molar-refractivity contribution in [1.29, 1.82) is 0 Å². The van der Waals surface area contributed by atoms with Gasteiger partial charge in [0.05, 0.1) is 12.6 Å². The molecule has 1 aliphatic heterocycles. The van der Waals surface area contributed by atoms with Crippen molar-refractivity contribution < 1.29 is 24.7 Å². The van der Waals surface area contributed by atoms with Crippen LogP contribution in [0.25, 0.3) is 0 Å². The molecular formula is C23H35N3O5. The Morgan fingerprint density at radius 1 is 1.19 bits per heavy atom. The van der Waals surface area contributed by atoms with Gasteiger partial charge in [0.1, 0.15) is 6.04 Å². The van der Waals surface area contributed by atoms with E-state index >= 15 is 0 Å². The highest BCUT2D eigenvalue weighted by Gasteiger charge is 2.34. The van der Waals surface area contributed by atoms with E-state index in [1.54, 1.807) is 10.4 Å². The molecule has 0 aliphatic carbocycles. The summed E-state index contributed by atoms with van der Waals surface area (Å²) in [6.45, 7) is 2.50. The van der Waals surface area contributed by atoms with Gasteiger partial charge in [0.25, 0.3) is 0 Å². The van der Waals surface area contributed by atoms with E-state index in [1.165, 1.54) is 0 Å². The van der Waals surface area contributed by atoms with Gasteiger partial charge in [-0.25, -0.2) is 5.48 Å². The van der Waals surface area contributed by atoms with Gasteiger partial charge in [-0.1, -0.05) is 56.5 Å². The van der Waals surface area contributed by atoms with Gasteiger partial charge >= 0.3 is 0 Å². The highest BCUT2D eigenvalue weighted by atomic mass is 16.5. The number of unbranched alkanes of at least 4 members (excludes halogenated alkanes) is 2. The van der Waals surface area contributed by atoms with Gasteiger partial charge in [0.2, 0.25) is 17.7 Å². The van der Waals surface area contributed by atoms with E-state index < -0.39 is 17.9 Å². The lowest BCUT2D eigenvalue weighted by Gasteiger charge is -2.29. The molecule has 0 aromatic heterocycles. The molecule has 1 aromatic carbocycles. The third kappa shape index (κ3) is 7.63. The second-order valence-corrected chi connectivity index (χ2v) is 8.19. The highest BCUT2D eigenvalue weighted by Crippen LogP contribution is 2.20. The minimum absolute atomic E-state index is 0.103. The second kappa shape index (κ2) is 13.1. The maximum Gasteiger partial charge on any atom is 0.245 e. The Labute approximate surface area is 184 Å². The SMILES string of the molecule is CCCCC[C@@H](CC(=O)NO)C(=O)N[C@@H](Cc1ccccc1)C(=O)N1CCC[C@H]1CO. The number of hydroxylamine groups is 1. The van der Waals surface area contributed by atoms with E-state index in [0.717, 1.165) is 37.7 Å². The summed E-state index contributed by atoms with van der Waals surface area (Å²) in [5.74, 6) is -1.83. The summed E-state index contributed by atoms with van der Waals surface area (Å²) < 4.78 is 0. The van der Waals surface area contributed by atoms with Crippen molar-refractivity contribution in [2.75, 3.05) is 13.2 Å². The van der Waals surface area contributed by atoms with Crippen LogP contribution < -0.4 is 10.8 Å². The van der Waals surface area contributed by atoms with Gasteiger partial charge in [0.15, 0.2) is 0 Å². The lowest BCUT2D eigenvalue weighted by molar-refractivity contribution is -0.139. The van der Waals surface area contributed by atoms with E-state index in [9.17, 15) is 19.5 Å². The molecule has 3 amide bonds. The lowest BCUT2D eigenvalue weighted by atomic mass is 9.95. The molecule has 0 bridgehead atoms. The number of benzene rings is 1. The minimum atomic E-state index is -0.784. The van der Waals surface area contributed by atoms with Crippen molar-refractivity contribution in [2.24, 2.45) is 5.92 Å². The maximum atomic E-state index is 13.3. The number of carbonyl (C=O) groups excluding carboxylic acids is 3. The zero-order valence-corrected chi connectivity index (χ0v) is 18.3. The van der Waals surface area contributed by atoms with E-state index in [4.69, 9.17) is 5.21 Å². The quantitative estimate of drug-likeness (QED) is 0.228. The molecule has 0 radical (unpaired) electrons. The van der Waals surface area contributed by atoms with Crippen molar-refractivity contribution in [1.82, 2.24) is 15.7 Å². The molecule has 1 saturated heterocycles. The molecule has 172 valence electrons.